The second-order valence-electron chi connectivity index (χ2n) is 3.92. The first-order chi connectivity index (χ1) is 9.92. The van der Waals surface area contributed by atoms with E-state index >= 15 is 0 Å². The lowest BCUT2D eigenvalue weighted by atomic mass is 10.2. The van der Waals surface area contributed by atoms with Gasteiger partial charge in [0.05, 0.1) is 11.1 Å². The van der Waals surface area contributed by atoms with Crippen molar-refractivity contribution in [2.45, 2.75) is 6.92 Å². The quantitative estimate of drug-likeness (QED) is 0.490. The highest BCUT2D eigenvalue weighted by atomic mass is 79.9. The zero-order valence-electron chi connectivity index (χ0n) is 10.6. The van der Waals surface area contributed by atoms with Crippen molar-refractivity contribution < 1.29 is 14.1 Å². The lowest BCUT2D eigenvalue weighted by molar-refractivity contribution is -0.385. The molecule has 21 heavy (non-hydrogen) atoms. The molecular formula is C11H9BrFN5O3. The molecule has 0 atom stereocenters. The molecule has 0 radical (unpaired) electrons. The molecule has 1 heterocycles. The molecule has 110 valence electrons. The predicted octanol–water partition coefficient (Wildman–Crippen LogP) is 2.67. The summed E-state index contributed by atoms with van der Waals surface area (Å²) in [5, 5.41) is 11.1. The van der Waals surface area contributed by atoms with Gasteiger partial charge in [-0.25, -0.2) is 10.8 Å². The lowest BCUT2D eigenvalue weighted by Crippen LogP contribution is -2.11. The second-order valence-corrected chi connectivity index (χ2v) is 4.84. The van der Waals surface area contributed by atoms with Crippen molar-refractivity contribution in [3.63, 3.8) is 0 Å². The predicted molar refractivity (Wildman–Crippen MR) is 75.4 cm³/mol. The van der Waals surface area contributed by atoms with Crippen LogP contribution in [0.15, 0.2) is 22.8 Å². The number of hydrazine groups is 1. The summed E-state index contributed by atoms with van der Waals surface area (Å²) in [6.07, 6.45) is 0.845. The molecule has 0 unspecified atom stereocenters. The first-order valence-corrected chi connectivity index (χ1v) is 6.33. The number of anilines is 1. The Morgan fingerprint density at radius 1 is 1.52 bits per heavy atom. The fourth-order valence-electron chi connectivity index (χ4n) is 1.57. The number of nitrogen functional groups attached to an aromatic ring is 1. The van der Waals surface area contributed by atoms with E-state index in [1.165, 1.54) is 6.07 Å². The van der Waals surface area contributed by atoms with Gasteiger partial charge in [-0.3, -0.25) is 15.5 Å². The van der Waals surface area contributed by atoms with E-state index in [0.29, 0.717) is 10.0 Å². The van der Waals surface area contributed by atoms with Gasteiger partial charge in [-0.2, -0.15) is 9.37 Å². The fourth-order valence-corrected chi connectivity index (χ4v) is 2.13. The van der Waals surface area contributed by atoms with Gasteiger partial charge in [0.25, 0.3) is 5.88 Å². The number of aryl methyl sites for hydroxylation is 1. The molecule has 8 nitrogen and oxygen atoms in total. The number of nitro groups is 1. The summed E-state index contributed by atoms with van der Waals surface area (Å²) in [6.45, 7) is 1.59. The number of hydrogen-bond acceptors (Lipinski definition) is 7. The number of nitro benzene ring substituents is 1. The van der Waals surface area contributed by atoms with Crippen molar-refractivity contribution in [2.75, 3.05) is 5.43 Å². The fraction of sp³-hybridized carbons (Fsp3) is 0.0909. The molecule has 0 saturated carbocycles. The maximum Gasteiger partial charge on any atom is 0.313 e. The summed E-state index contributed by atoms with van der Waals surface area (Å²) < 4.78 is 19.4. The van der Waals surface area contributed by atoms with Gasteiger partial charge < -0.3 is 4.74 Å². The van der Waals surface area contributed by atoms with Gasteiger partial charge in [-0.15, -0.1) is 0 Å². The van der Waals surface area contributed by atoms with Crippen LogP contribution in [0.5, 0.6) is 11.6 Å². The minimum absolute atomic E-state index is 0.0798. The molecule has 0 saturated heterocycles. The number of nitrogens with one attached hydrogen (secondary N) is 1. The molecule has 0 amide bonds. The molecule has 2 rings (SSSR count). The minimum Gasteiger partial charge on any atom is -0.429 e. The average molecular weight is 358 g/mol. The van der Waals surface area contributed by atoms with Crippen molar-refractivity contribution in [3.8, 4) is 11.6 Å². The molecule has 1 aromatic heterocycles. The minimum atomic E-state index is -0.870. The normalized spacial score (nSPS) is 10.3. The molecule has 0 aliphatic heterocycles. The largest absolute Gasteiger partial charge is 0.429 e. The Morgan fingerprint density at radius 2 is 2.24 bits per heavy atom. The summed E-state index contributed by atoms with van der Waals surface area (Å²) in [7, 11) is 0. The SMILES string of the molecule is Cc1cc(Br)cc([N+](=O)[O-])c1Oc1nc(NN)ncc1F. The number of aromatic nitrogens is 2. The number of nitrogens with two attached hydrogens (primary N) is 1. The molecule has 0 aliphatic rings. The Kier molecular flexibility index (Phi) is 4.29. The zero-order valence-corrected chi connectivity index (χ0v) is 12.2. The Morgan fingerprint density at radius 3 is 2.86 bits per heavy atom. The summed E-state index contributed by atoms with van der Waals surface area (Å²) in [4.78, 5) is 17.7. The van der Waals surface area contributed by atoms with E-state index in [2.05, 4.69) is 31.3 Å². The first-order valence-electron chi connectivity index (χ1n) is 5.54. The Hall–Kier alpha value is -2.33. The van der Waals surface area contributed by atoms with Crippen LogP contribution in [0.2, 0.25) is 0 Å². The van der Waals surface area contributed by atoms with Crippen LogP contribution in [-0.2, 0) is 0 Å². The Balaban J connectivity index is 2.51. The maximum absolute atomic E-state index is 13.6. The number of nitrogens with zero attached hydrogens (tertiary/aromatic N) is 3. The van der Waals surface area contributed by atoms with Crippen LogP contribution < -0.4 is 16.0 Å². The zero-order chi connectivity index (χ0) is 15.6. The molecular weight excluding hydrogens is 349 g/mol. The number of hydrogen-bond donors (Lipinski definition) is 2. The van der Waals surface area contributed by atoms with Gasteiger partial charge in [0.2, 0.25) is 17.5 Å². The van der Waals surface area contributed by atoms with Gasteiger partial charge in [0.15, 0.2) is 0 Å². The van der Waals surface area contributed by atoms with Gasteiger partial charge in [-0.1, -0.05) is 15.9 Å². The Labute approximate surface area is 126 Å². The van der Waals surface area contributed by atoms with Crippen LogP contribution in [0.1, 0.15) is 5.56 Å². The number of halogens is 2. The van der Waals surface area contributed by atoms with Crippen LogP contribution in [-0.4, -0.2) is 14.9 Å². The molecule has 1 aromatic carbocycles. The van der Waals surface area contributed by atoms with Gasteiger partial charge in [0, 0.05) is 16.1 Å². The van der Waals surface area contributed by atoms with Crippen molar-refractivity contribution in [1.82, 2.24) is 9.97 Å². The van der Waals surface area contributed by atoms with Gasteiger partial charge in [-0.05, 0) is 13.0 Å². The maximum atomic E-state index is 13.6. The van der Waals surface area contributed by atoms with E-state index in [4.69, 9.17) is 10.6 Å². The highest BCUT2D eigenvalue weighted by Gasteiger charge is 2.22. The van der Waals surface area contributed by atoms with Gasteiger partial charge in [0.1, 0.15) is 0 Å². The van der Waals surface area contributed by atoms with Crippen LogP contribution >= 0.6 is 15.9 Å². The highest BCUT2D eigenvalue weighted by molar-refractivity contribution is 9.10. The smallest absolute Gasteiger partial charge is 0.313 e. The number of benzene rings is 1. The second kappa shape index (κ2) is 5.97. The van der Waals surface area contributed by atoms with Crippen molar-refractivity contribution in [2.24, 2.45) is 5.84 Å². The molecule has 3 N–H and O–H groups in total. The summed E-state index contributed by atoms with van der Waals surface area (Å²) >= 11 is 3.15. The lowest BCUT2D eigenvalue weighted by Gasteiger charge is -2.10. The Bertz CT molecular complexity index is 712. The average Bonchev–Trinajstić information content (AvgIpc) is 2.43. The van der Waals surface area contributed by atoms with Crippen molar-refractivity contribution >= 4 is 27.6 Å². The third kappa shape index (κ3) is 3.23. The van der Waals surface area contributed by atoms with Crippen molar-refractivity contribution in [3.05, 3.63) is 44.3 Å². The van der Waals surface area contributed by atoms with Crippen LogP contribution in [0.25, 0.3) is 0 Å². The van der Waals surface area contributed by atoms with E-state index in [1.54, 1.807) is 13.0 Å². The van der Waals surface area contributed by atoms with Crippen LogP contribution in [0.4, 0.5) is 16.0 Å². The molecule has 2 aromatic rings. The van der Waals surface area contributed by atoms with Crippen LogP contribution in [0, 0.1) is 22.9 Å². The van der Waals surface area contributed by atoms with Crippen LogP contribution in [0.3, 0.4) is 0 Å². The van der Waals surface area contributed by atoms with Crippen molar-refractivity contribution in [1.29, 1.82) is 0 Å². The number of rotatable bonds is 4. The topological polar surface area (TPSA) is 116 Å². The summed E-state index contributed by atoms with van der Waals surface area (Å²) in [5.74, 6) is 3.60. The van der Waals surface area contributed by atoms with E-state index in [-0.39, 0.29) is 17.4 Å². The van der Waals surface area contributed by atoms with E-state index in [0.717, 1.165) is 6.20 Å². The molecule has 0 spiro atoms. The first kappa shape index (κ1) is 15.1. The highest BCUT2D eigenvalue weighted by Crippen LogP contribution is 2.37. The third-order valence-electron chi connectivity index (χ3n) is 2.46. The van der Waals surface area contributed by atoms with E-state index in [1.807, 2.05) is 0 Å². The standard InChI is InChI=1S/C11H9BrFN5O3/c1-5-2-6(12)3-8(18(19)20)9(5)21-10-7(13)4-15-11(16-10)17-14/h2-4H,14H2,1H3,(H,15,16,17). The van der Waals surface area contributed by atoms with E-state index in [9.17, 15) is 14.5 Å². The third-order valence-corrected chi connectivity index (χ3v) is 2.91. The summed E-state index contributed by atoms with van der Waals surface area (Å²) in [5.41, 5.74) is 2.25. The summed E-state index contributed by atoms with van der Waals surface area (Å²) in [6, 6.07) is 2.85. The molecule has 10 heteroatoms. The van der Waals surface area contributed by atoms with Gasteiger partial charge >= 0.3 is 5.69 Å². The molecule has 0 fully saturated rings. The monoisotopic (exact) mass is 357 g/mol. The van der Waals surface area contributed by atoms with E-state index < -0.39 is 16.6 Å². The molecule has 0 bridgehead atoms. The number of ether oxygens (including phenoxy) is 1. The molecule has 0 aliphatic carbocycles.